The van der Waals surface area contributed by atoms with Gasteiger partial charge in [0.05, 0.1) is 16.3 Å². The fraction of sp³-hybridized carbons (Fsp3) is 0.583. The third-order valence-corrected chi connectivity index (χ3v) is 6.25. The number of β-lactam (4-membered cyclic amide) rings is 1. The van der Waals surface area contributed by atoms with Gasteiger partial charge in [-0.15, -0.1) is 11.8 Å². The van der Waals surface area contributed by atoms with Crippen LogP contribution in [0, 0.1) is 5.92 Å². The van der Waals surface area contributed by atoms with Crippen LogP contribution in [-0.4, -0.2) is 68.4 Å². The molecule has 0 aromatic carbocycles. The summed E-state index contributed by atoms with van der Waals surface area (Å²) < 4.78 is 0.399. The van der Waals surface area contributed by atoms with Crippen molar-refractivity contribution in [1.82, 2.24) is 10.2 Å². The molecule has 1 saturated heterocycles. The Morgan fingerprint density at radius 2 is 2.09 bits per heavy atom. The van der Waals surface area contributed by atoms with Crippen molar-refractivity contribution in [3.05, 3.63) is 9.93 Å². The molecule has 4 atom stereocenters. The maximum absolute atomic E-state index is 12.0. The Morgan fingerprint density at radius 3 is 2.55 bits per heavy atom. The number of thioether (sulfide) groups is 2. The van der Waals surface area contributed by atoms with E-state index in [1.165, 1.54) is 30.6 Å². The lowest BCUT2D eigenvalue weighted by Crippen LogP contribution is -2.60. The van der Waals surface area contributed by atoms with Gasteiger partial charge in [-0.25, -0.2) is 4.79 Å². The SMILES string of the molecule is CN[C@H](CSC1=C(C(=O)O)N2C(=O)[C@H](C(C)O)[C@H]2S1)C(=O)O. The molecule has 0 aromatic heterocycles. The number of carbonyl (C=O) groups excluding carboxylic acids is 1. The molecule has 0 aliphatic carbocycles. The van der Waals surface area contributed by atoms with Crippen molar-refractivity contribution in [2.45, 2.75) is 24.4 Å². The minimum absolute atomic E-state index is 0.123. The third-order valence-electron chi connectivity index (χ3n) is 3.50. The summed E-state index contributed by atoms with van der Waals surface area (Å²) >= 11 is 2.28. The van der Waals surface area contributed by atoms with Crippen molar-refractivity contribution in [2.24, 2.45) is 5.92 Å². The maximum atomic E-state index is 12.0. The van der Waals surface area contributed by atoms with E-state index < -0.39 is 41.3 Å². The molecule has 0 saturated carbocycles. The van der Waals surface area contributed by atoms with Gasteiger partial charge in [-0.05, 0) is 14.0 Å². The monoisotopic (exact) mass is 348 g/mol. The molecule has 2 aliphatic rings. The van der Waals surface area contributed by atoms with Gasteiger partial charge in [0.2, 0.25) is 5.91 Å². The lowest BCUT2D eigenvalue weighted by molar-refractivity contribution is -0.156. The van der Waals surface area contributed by atoms with Crippen LogP contribution in [0.1, 0.15) is 6.92 Å². The number of carbonyl (C=O) groups is 3. The van der Waals surface area contributed by atoms with Crippen molar-refractivity contribution in [1.29, 1.82) is 0 Å². The highest BCUT2D eigenvalue weighted by Gasteiger charge is 2.57. The summed E-state index contributed by atoms with van der Waals surface area (Å²) in [5.74, 6) is -3.16. The molecule has 1 unspecified atom stereocenters. The van der Waals surface area contributed by atoms with Gasteiger partial charge in [0, 0.05) is 5.75 Å². The van der Waals surface area contributed by atoms with E-state index in [2.05, 4.69) is 5.32 Å². The lowest BCUT2D eigenvalue weighted by atomic mass is 9.92. The van der Waals surface area contributed by atoms with Crippen LogP contribution in [-0.2, 0) is 14.4 Å². The molecule has 4 N–H and O–H groups in total. The Bertz CT molecular complexity index is 550. The summed E-state index contributed by atoms with van der Waals surface area (Å²) in [6.07, 6.45) is -0.857. The fourth-order valence-electron chi connectivity index (χ4n) is 2.29. The second-order valence-corrected chi connectivity index (χ2v) is 7.33. The summed E-state index contributed by atoms with van der Waals surface area (Å²) in [7, 11) is 1.51. The van der Waals surface area contributed by atoms with Crippen LogP contribution in [0.25, 0.3) is 0 Å². The molecule has 2 heterocycles. The van der Waals surface area contributed by atoms with Crippen molar-refractivity contribution >= 4 is 41.4 Å². The van der Waals surface area contributed by atoms with E-state index in [0.717, 1.165) is 11.8 Å². The minimum Gasteiger partial charge on any atom is -0.480 e. The van der Waals surface area contributed by atoms with Gasteiger partial charge in [0.25, 0.3) is 0 Å². The van der Waals surface area contributed by atoms with E-state index in [1.807, 2.05) is 0 Å². The summed E-state index contributed by atoms with van der Waals surface area (Å²) in [6, 6.07) is -0.815. The summed E-state index contributed by atoms with van der Waals surface area (Å²) in [6.45, 7) is 1.49. The maximum Gasteiger partial charge on any atom is 0.354 e. The van der Waals surface area contributed by atoms with Crippen molar-refractivity contribution < 1.29 is 29.7 Å². The number of hydrogen-bond acceptors (Lipinski definition) is 7. The average molecular weight is 348 g/mol. The van der Waals surface area contributed by atoms with E-state index >= 15 is 0 Å². The van der Waals surface area contributed by atoms with Crippen LogP contribution in [0.2, 0.25) is 0 Å². The molecule has 10 heteroatoms. The van der Waals surface area contributed by atoms with Crippen LogP contribution in [0.15, 0.2) is 9.93 Å². The van der Waals surface area contributed by atoms with Gasteiger partial charge in [-0.2, -0.15) is 0 Å². The summed E-state index contributed by atoms with van der Waals surface area (Å²) in [4.78, 5) is 35.5. The molecule has 2 rings (SSSR count). The van der Waals surface area contributed by atoms with Gasteiger partial charge < -0.3 is 20.6 Å². The zero-order valence-corrected chi connectivity index (χ0v) is 13.5. The van der Waals surface area contributed by atoms with Gasteiger partial charge >= 0.3 is 11.9 Å². The molecule has 0 spiro atoms. The van der Waals surface area contributed by atoms with E-state index in [9.17, 15) is 24.6 Å². The van der Waals surface area contributed by atoms with E-state index in [0.29, 0.717) is 4.24 Å². The van der Waals surface area contributed by atoms with E-state index in [1.54, 1.807) is 0 Å². The number of aliphatic hydroxyl groups excluding tert-OH is 1. The standard InChI is InChI=1S/C12H16N2O6S2/c1-4(15)6-8(16)14-7(11(19)20)12(22-9(6)14)21-3-5(13-2)10(17)18/h4-6,9,13,15H,3H2,1-2H3,(H,17,18)(H,19,20)/t4?,5-,6+,9-/m1/s1. The predicted octanol–water partition coefficient (Wildman–Crippen LogP) is -0.442. The Balaban J connectivity index is 2.15. The number of nitrogens with zero attached hydrogens (tertiary/aromatic N) is 1. The second-order valence-electron chi connectivity index (χ2n) is 4.91. The smallest absolute Gasteiger partial charge is 0.354 e. The molecule has 1 amide bonds. The number of amides is 1. The first-order valence-electron chi connectivity index (χ1n) is 6.47. The quantitative estimate of drug-likeness (QED) is 0.453. The molecular weight excluding hydrogens is 332 g/mol. The van der Waals surface area contributed by atoms with Crippen LogP contribution >= 0.6 is 23.5 Å². The topological polar surface area (TPSA) is 127 Å². The van der Waals surface area contributed by atoms with Crippen LogP contribution in [0.5, 0.6) is 0 Å². The molecule has 1 fully saturated rings. The normalized spacial score (nSPS) is 26.5. The number of aliphatic hydroxyl groups is 1. The number of carboxylic acid groups (broad SMARTS) is 2. The number of carboxylic acids is 2. The second kappa shape index (κ2) is 6.49. The van der Waals surface area contributed by atoms with Gasteiger partial charge in [0.1, 0.15) is 11.4 Å². The first kappa shape index (κ1) is 17.1. The van der Waals surface area contributed by atoms with Gasteiger partial charge in [-0.3, -0.25) is 14.5 Å². The number of nitrogens with one attached hydrogen (secondary N) is 1. The summed E-state index contributed by atoms with van der Waals surface area (Å²) in [5.41, 5.74) is -0.123. The number of rotatable bonds is 7. The highest BCUT2D eigenvalue weighted by atomic mass is 32.2. The number of likely N-dealkylation sites (N-methyl/N-ethyl adjacent to an activating group) is 1. The first-order chi connectivity index (χ1) is 10.3. The Hall–Kier alpha value is -1.23. The van der Waals surface area contributed by atoms with Gasteiger partial charge in [0.15, 0.2) is 5.70 Å². The molecule has 8 nitrogen and oxygen atoms in total. The van der Waals surface area contributed by atoms with Crippen molar-refractivity contribution in [3.63, 3.8) is 0 Å². The first-order valence-corrected chi connectivity index (χ1v) is 8.34. The Morgan fingerprint density at radius 1 is 1.45 bits per heavy atom. The van der Waals surface area contributed by atoms with Crippen molar-refractivity contribution in [2.75, 3.05) is 12.8 Å². The zero-order chi connectivity index (χ0) is 16.6. The predicted molar refractivity (Wildman–Crippen MR) is 81.0 cm³/mol. The molecular formula is C12H16N2O6S2. The third kappa shape index (κ3) is 2.83. The fourth-order valence-corrected chi connectivity index (χ4v) is 5.33. The largest absolute Gasteiger partial charge is 0.480 e. The van der Waals surface area contributed by atoms with Crippen LogP contribution in [0.4, 0.5) is 0 Å². The highest BCUT2D eigenvalue weighted by molar-refractivity contribution is 8.22. The highest BCUT2D eigenvalue weighted by Crippen LogP contribution is 2.53. The molecule has 22 heavy (non-hydrogen) atoms. The van der Waals surface area contributed by atoms with Crippen LogP contribution < -0.4 is 5.32 Å². The summed E-state index contributed by atoms with van der Waals surface area (Å²) in [5, 5.41) is 30.1. The van der Waals surface area contributed by atoms with E-state index in [-0.39, 0.29) is 11.4 Å². The van der Waals surface area contributed by atoms with Crippen LogP contribution in [0.3, 0.4) is 0 Å². The van der Waals surface area contributed by atoms with E-state index in [4.69, 9.17) is 5.11 Å². The number of hydrogen-bond donors (Lipinski definition) is 4. The van der Waals surface area contributed by atoms with Crippen molar-refractivity contribution in [3.8, 4) is 0 Å². The van der Waals surface area contributed by atoms with Gasteiger partial charge in [-0.1, -0.05) is 11.8 Å². The molecule has 0 bridgehead atoms. The molecule has 122 valence electrons. The number of fused-ring (bicyclic) bond motifs is 1. The molecule has 0 aromatic rings. The molecule has 2 aliphatic heterocycles. The lowest BCUT2D eigenvalue weighted by Gasteiger charge is -2.43. The minimum atomic E-state index is -1.23. The average Bonchev–Trinajstić information content (AvgIpc) is 2.73. The zero-order valence-electron chi connectivity index (χ0n) is 11.8. The number of aliphatic carboxylic acids is 2. The Labute approximate surface area is 134 Å². The molecule has 0 radical (unpaired) electrons. The Kier molecular flexibility index (Phi) is 5.05.